The minimum atomic E-state index is -1.40. The van der Waals surface area contributed by atoms with Crippen molar-refractivity contribution in [1.82, 2.24) is 0 Å². The zero-order valence-electron chi connectivity index (χ0n) is 27.5. The molecule has 10 rings (SSSR count). The second kappa shape index (κ2) is 10.7. The van der Waals surface area contributed by atoms with Gasteiger partial charge in [0.25, 0.3) is 0 Å². The van der Waals surface area contributed by atoms with Gasteiger partial charge in [0.15, 0.2) is 5.78 Å². The standard InChI is InChI=1S/C45H35NO4/c47-41-39-40(42(48)46(41)35-26-14-15-27-36(35)50-30-20-8-3-9-21-30)45(29-18-6-2-7-19-29)38-34-25-13-11-23-32(34)31-22-10-12-24-33(31)37(38)44(39,43(45)49)28-16-4-1-5-17-28/h1-2,4-7,10-19,22-27,30,39-40H,3,8-9,20-21H2/t39-,40+,44+,45-. The van der Waals surface area contributed by atoms with Crippen LogP contribution in [0, 0.1) is 11.8 Å². The molecule has 2 amide bonds. The number of benzene rings is 6. The van der Waals surface area contributed by atoms with Gasteiger partial charge in [-0.3, -0.25) is 14.4 Å². The molecular weight excluding hydrogens is 618 g/mol. The van der Waals surface area contributed by atoms with Gasteiger partial charge in [-0.05, 0) is 81.6 Å². The fourth-order valence-corrected chi connectivity index (χ4v) is 10.3. The Hall–Kier alpha value is -5.55. The Kier molecular flexibility index (Phi) is 6.30. The lowest BCUT2D eigenvalue weighted by molar-refractivity contribution is -0.130. The van der Waals surface area contributed by atoms with Crippen LogP contribution < -0.4 is 9.64 Å². The summed E-state index contributed by atoms with van der Waals surface area (Å²) in [4.78, 5) is 48.3. The summed E-state index contributed by atoms with van der Waals surface area (Å²) in [7, 11) is 0. The summed E-state index contributed by atoms with van der Waals surface area (Å²) in [6.07, 6.45) is 5.30. The molecule has 3 fully saturated rings. The van der Waals surface area contributed by atoms with E-state index in [-0.39, 0.29) is 23.7 Å². The lowest BCUT2D eigenvalue weighted by Gasteiger charge is -2.38. The number of ether oxygens (including phenoxy) is 1. The summed E-state index contributed by atoms with van der Waals surface area (Å²) in [5.74, 6) is -2.16. The van der Waals surface area contributed by atoms with Crippen LogP contribution in [0.4, 0.5) is 5.69 Å². The van der Waals surface area contributed by atoms with Crippen LogP contribution in [0.2, 0.25) is 0 Å². The van der Waals surface area contributed by atoms with Crippen LogP contribution >= 0.6 is 0 Å². The molecule has 0 N–H and O–H groups in total. The average molecular weight is 654 g/mol. The molecule has 4 atom stereocenters. The summed E-state index contributed by atoms with van der Waals surface area (Å²) in [5, 5.41) is 3.93. The summed E-state index contributed by atoms with van der Waals surface area (Å²) in [6.45, 7) is 0. The van der Waals surface area contributed by atoms with Crippen molar-refractivity contribution in [3.05, 3.63) is 156 Å². The van der Waals surface area contributed by atoms with Crippen LogP contribution in [0.5, 0.6) is 5.75 Å². The van der Waals surface area contributed by atoms with Gasteiger partial charge in [0.05, 0.1) is 34.5 Å². The van der Waals surface area contributed by atoms with Crippen LogP contribution in [0.15, 0.2) is 133 Å². The van der Waals surface area contributed by atoms with E-state index in [1.807, 2.05) is 109 Å². The number of hydrogen-bond acceptors (Lipinski definition) is 4. The predicted molar refractivity (Wildman–Crippen MR) is 194 cm³/mol. The molecule has 1 aliphatic heterocycles. The third-order valence-electron chi connectivity index (χ3n) is 12.1. The summed E-state index contributed by atoms with van der Waals surface area (Å²) in [5.41, 5.74) is 0.840. The molecule has 1 heterocycles. The number of Topliss-reactive ketones (excluding diaryl/α,β-unsaturated/α-hetero) is 1. The molecule has 50 heavy (non-hydrogen) atoms. The predicted octanol–water partition coefficient (Wildman–Crippen LogP) is 8.68. The number of rotatable bonds is 5. The molecule has 0 radical (unpaired) electrons. The lowest BCUT2D eigenvalue weighted by atomic mass is 9.59. The van der Waals surface area contributed by atoms with Gasteiger partial charge < -0.3 is 4.74 Å². The summed E-state index contributed by atoms with van der Waals surface area (Å²) in [6, 6.07) is 43.3. The number of carbonyl (C=O) groups is 3. The molecule has 4 aliphatic rings. The number of hydrogen-bond donors (Lipinski definition) is 0. The molecule has 3 aliphatic carbocycles. The third kappa shape index (κ3) is 3.54. The topological polar surface area (TPSA) is 63.7 Å². The Morgan fingerprint density at radius 3 is 1.46 bits per heavy atom. The molecule has 6 aromatic carbocycles. The van der Waals surface area contributed by atoms with Gasteiger partial charge in [0.2, 0.25) is 11.8 Å². The highest BCUT2D eigenvalue weighted by Crippen LogP contribution is 2.72. The number of amides is 2. The first-order valence-corrected chi connectivity index (χ1v) is 17.8. The van der Waals surface area contributed by atoms with E-state index in [4.69, 9.17) is 4.74 Å². The molecular formula is C45H35NO4. The van der Waals surface area contributed by atoms with Crippen molar-refractivity contribution in [3.8, 4) is 5.75 Å². The van der Waals surface area contributed by atoms with Crippen molar-refractivity contribution in [2.75, 3.05) is 4.90 Å². The molecule has 2 bridgehead atoms. The first kappa shape index (κ1) is 29.4. The first-order valence-electron chi connectivity index (χ1n) is 17.8. The Morgan fingerprint density at radius 2 is 0.940 bits per heavy atom. The van der Waals surface area contributed by atoms with Crippen LogP contribution in [0.1, 0.15) is 54.4 Å². The van der Waals surface area contributed by atoms with Crippen molar-refractivity contribution >= 4 is 44.8 Å². The van der Waals surface area contributed by atoms with Gasteiger partial charge in [-0.25, -0.2) is 4.90 Å². The van der Waals surface area contributed by atoms with E-state index in [1.54, 1.807) is 0 Å². The number of para-hydroxylation sites is 2. The molecule has 0 unspecified atom stereocenters. The van der Waals surface area contributed by atoms with Crippen molar-refractivity contribution in [1.29, 1.82) is 0 Å². The molecule has 0 aromatic heterocycles. The van der Waals surface area contributed by atoms with Crippen molar-refractivity contribution in [2.45, 2.75) is 49.0 Å². The Labute approximate surface area is 290 Å². The van der Waals surface area contributed by atoms with Crippen molar-refractivity contribution < 1.29 is 19.1 Å². The van der Waals surface area contributed by atoms with E-state index >= 15 is 14.4 Å². The maximum absolute atomic E-state index is 16.1. The first-order chi connectivity index (χ1) is 24.6. The number of carbonyl (C=O) groups excluding carboxylic acids is 3. The number of anilines is 1. The fourth-order valence-electron chi connectivity index (χ4n) is 10.3. The van der Waals surface area contributed by atoms with E-state index in [1.165, 1.54) is 11.3 Å². The Bertz CT molecular complexity index is 2250. The maximum Gasteiger partial charge on any atom is 0.239 e. The largest absolute Gasteiger partial charge is 0.488 e. The summed E-state index contributed by atoms with van der Waals surface area (Å²) < 4.78 is 6.59. The van der Waals surface area contributed by atoms with E-state index in [0.29, 0.717) is 11.4 Å². The highest BCUT2D eigenvalue weighted by molar-refractivity contribution is 6.34. The average Bonchev–Trinajstić information content (AvgIpc) is 3.69. The highest BCUT2D eigenvalue weighted by Gasteiger charge is 2.82. The summed E-state index contributed by atoms with van der Waals surface area (Å²) >= 11 is 0. The van der Waals surface area contributed by atoms with Crippen LogP contribution in [-0.2, 0) is 25.2 Å². The monoisotopic (exact) mass is 653 g/mol. The Balaban J connectivity index is 1.31. The number of imide groups is 1. The van der Waals surface area contributed by atoms with Crippen molar-refractivity contribution in [3.63, 3.8) is 0 Å². The van der Waals surface area contributed by atoms with Crippen LogP contribution in [0.25, 0.3) is 21.5 Å². The SMILES string of the molecule is O=C1[C@@H]2[C@H](C(=O)N1c1ccccc1OC1CCCCC1)[C@@]1(c3ccccc3)C(=O)[C@]2(c2ccccc2)c2c1c1ccccc1c1ccccc21. The molecule has 2 saturated carbocycles. The zero-order valence-corrected chi connectivity index (χ0v) is 27.5. The number of ketones is 1. The molecule has 5 nitrogen and oxygen atoms in total. The zero-order chi connectivity index (χ0) is 33.6. The molecule has 5 heteroatoms. The molecule has 6 aromatic rings. The lowest BCUT2D eigenvalue weighted by Crippen LogP contribution is -2.45. The van der Waals surface area contributed by atoms with Gasteiger partial charge in [0.1, 0.15) is 5.75 Å². The normalized spacial score (nSPS) is 25.8. The number of fused-ring (bicyclic) bond motifs is 13. The van der Waals surface area contributed by atoms with Gasteiger partial charge in [-0.2, -0.15) is 0 Å². The van der Waals surface area contributed by atoms with Gasteiger partial charge in [-0.15, -0.1) is 0 Å². The van der Waals surface area contributed by atoms with Gasteiger partial charge in [0, 0.05) is 0 Å². The minimum Gasteiger partial charge on any atom is -0.488 e. The fraction of sp³-hybridized carbons (Fsp3) is 0.222. The number of nitrogens with zero attached hydrogens (tertiary/aromatic N) is 1. The van der Waals surface area contributed by atoms with Gasteiger partial charge >= 0.3 is 0 Å². The van der Waals surface area contributed by atoms with Crippen molar-refractivity contribution in [2.24, 2.45) is 11.8 Å². The van der Waals surface area contributed by atoms with E-state index in [2.05, 4.69) is 24.3 Å². The maximum atomic E-state index is 16.1. The second-order valence-electron chi connectivity index (χ2n) is 14.3. The van der Waals surface area contributed by atoms with Gasteiger partial charge in [-0.1, -0.05) is 128 Å². The minimum absolute atomic E-state index is 0.0308. The van der Waals surface area contributed by atoms with Crippen LogP contribution in [-0.4, -0.2) is 23.7 Å². The van der Waals surface area contributed by atoms with E-state index in [0.717, 1.165) is 69.5 Å². The second-order valence-corrected chi connectivity index (χ2v) is 14.3. The highest BCUT2D eigenvalue weighted by atomic mass is 16.5. The molecule has 244 valence electrons. The smallest absolute Gasteiger partial charge is 0.239 e. The molecule has 0 spiro atoms. The third-order valence-corrected chi connectivity index (χ3v) is 12.1. The van der Waals surface area contributed by atoms with E-state index < -0.39 is 22.7 Å². The molecule has 1 saturated heterocycles. The van der Waals surface area contributed by atoms with Crippen LogP contribution in [0.3, 0.4) is 0 Å². The van der Waals surface area contributed by atoms with E-state index in [9.17, 15) is 0 Å². The quantitative estimate of drug-likeness (QED) is 0.138. The Morgan fingerprint density at radius 1 is 0.500 bits per heavy atom.